The van der Waals surface area contributed by atoms with Gasteiger partial charge in [0, 0.05) is 30.3 Å². The van der Waals surface area contributed by atoms with Crippen LogP contribution >= 0.6 is 0 Å². The monoisotopic (exact) mass is 220 g/mol. The van der Waals surface area contributed by atoms with Crippen LogP contribution in [0, 0.1) is 17.0 Å². The number of rotatable bonds is 2. The summed E-state index contributed by atoms with van der Waals surface area (Å²) in [6.45, 7) is 3.16. The lowest BCUT2D eigenvalue weighted by Crippen LogP contribution is -2.42. The average molecular weight is 220 g/mol. The normalized spacial score (nSPS) is 14.4. The van der Waals surface area contributed by atoms with E-state index in [1.165, 1.54) is 6.07 Å². The predicted molar refractivity (Wildman–Crippen MR) is 58.4 cm³/mol. The fourth-order valence-electron chi connectivity index (χ4n) is 1.64. The van der Waals surface area contributed by atoms with Gasteiger partial charge in [0.15, 0.2) is 0 Å². The van der Waals surface area contributed by atoms with Crippen LogP contribution < -0.4 is 0 Å². The number of aryl methyl sites for hydroxylation is 1. The summed E-state index contributed by atoms with van der Waals surface area (Å²) in [5, 5.41) is 10.7. The predicted octanol–water partition coefficient (Wildman–Crippen LogP) is 1.75. The number of carbonyl (C=O) groups excluding carboxylic acids is 1. The highest BCUT2D eigenvalue weighted by Gasteiger charge is 2.23. The van der Waals surface area contributed by atoms with Crippen LogP contribution in [0.1, 0.15) is 22.3 Å². The van der Waals surface area contributed by atoms with Crippen LogP contribution in [0.4, 0.5) is 5.69 Å². The Balaban J connectivity index is 2.31. The zero-order valence-corrected chi connectivity index (χ0v) is 8.97. The minimum Gasteiger partial charge on any atom is -0.339 e. The van der Waals surface area contributed by atoms with Crippen LogP contribution in [0.15, 0.2) is 18.2 Å². The molecule has 0 N–H and O–H groups in total. The molecule has 0 spiro atoms. The van der Waals surface area contributed by atoms with Gasteiger partial charge in [-0.05, 0) is 19.4 Å². The number of nitro groups is 1. The first kappa shape index (κ1) is 10.6. The highest BCUT2D eigenvalue weighted by Crippen LogP contribution is 2.21. The summed E-state index contributed by atoms with van der Waals surface area (Å²) in [5.41, 5.74) is 0.980. The highest BCUT2D eigenvalue weighted by molar-refractivity contribution is 5.95. The summed E-state index contributed by atoms with van der Waals surface area (Å²) in [7, 11) is 0. The molecule has 1 aromatic carbocycles. The van der Waals surface area contributed by atoms with Gasteiger partial charge in [0.25, 0.3) is 11.6 Å². The third-order valence-corrected chi connectivity index (χ3v) is 2.80. The summed E-state index contributed by atoms with van der Waals surface area (Å²) < 4.78 is 0. The molecule has 1 aromatic rings. The average Bonchev–Trinajstić information content (AvgIpc) is 2.15. The summed E-state index contributed by atoms with van der Waals surface area (Å²) in [6.07, 6.45) is 1.01. The van der Waals surface area contributed by atoms with Crippen molar-refractivity contribution in [1.82, 2.24) is 4.90 Å². The summed E-state index contributed by atoms with van der Waals surface area (Å²) in [5.74, 6) is -0.116. The number of amides is 1. The molecular formula is C11H12N2O3. The number of nitro benzene ring substituents is 1. The maximum absolute atomic E-state index is 11.8. The summed E-state index contributed by atoms with van der Waals surface area (Å²) in [6, 6.07) is 4.62. The van der Waals surface area contributed by atoms with Gasteiger partial charge in [0.1, 0.15) is 0 Å². The SMILES string of the molecule is Cc1ccc(C(=O)N2CCC2)cc1[N+](=O)[O-]. The van der Waals surface area contributed by atoms with E-state index >= 15 is 0 Å². The van der Waals surface area contributed by atoms with Gasteiger partial charge < -0.3 is 4.90 Å². The second kappa shape index (κ2) is 3.92. The van der Waals surface area contributed by atoms with Crippen molar-refractivity contribution in [2.75, 3.05) is 13.1 Å². The first-order chi connectivity index (χ1) is 7.59. The lowest BCUT2D eigenvalue weighted by molar-refractivity contribution is -0.385. The number of benzene rings is 1. The van der Waals surface area contributed by atoms with Crippen molar-refractivity contribution >= 4 is 11.6 Å². The fourth-order valence-corrected chi connectivity index (χ4v) is 1.64. The van der Waals surface area contributed by atoms with E-state index in [2.05, 4.69) is 0 Å². The molecule has 1 heterocycles. The third-order valence-electron chi connectivity index (χ3n) is 2.80. The van der Waals surface area contributed by atoms with Crippen molar-refractivity contribution in [1.29, 1.82) is 0 Å². The molecule has 1 aliphatic heterocycles. The van der Waals surface area contributed by atoms with Gasteiger partial charge in [-0.15, -0.1) is 0 Å². The number of hydrogen-bond donors (Lipinski definition) is 0. The molecule has 0 unspecified atom stereocenters. The molecule has 0 saturated carbocycles. The molecule has 5 heteroatoms. The van der Waals surface area contributed by atoms with E-state index in [1.807, 2.05) is 0 Å². The molecule has 0 radical (unpaired) electrons. The quantitative estimate of drug-likeness (QED) is 0.563. The largest absolute Gasteiger partial charge is 0.339 e. The lowest BCUT2D eigenvalue weighted by Gasteiger charge is -2.30. The summed E-state index contributed by atoms with van der Waals surface area (Å²) in [4.78, 5) is 23.8. The van der Waals surface area contributed by atoms with E-state index in [4.69, 9.17) is 0 Å². The van der Waals surface area contributed by atoms with Crippen LogP contribution in [0.3, 0.4) is 0 Å². The van der Waals surface area contributed by atoms with Crippen molar-refractivity contribution in [2.24, 2.45) is 0 Å². The lowest BCUT2D eigenvalue weighted by atomic mass is 10.1. The van der Waals surface area contributed by atoms with E-state index in [1.54, 1.807) is 24.0 Å². The highest BCUT2D eigenvalue weighted by atomic mass is 16.6. The third kappa shape index (κ3) is 1.76. The van der Waals surface area contributed by atoms with Gasteiger partial charge in [-0.3, -0.25) is 14.9 Å². The molecule has 1 amide bonds. The van der Waals surface area contributed by atoms with Crippen molar-refractivity contribution in [3.8, 4) is 0 Å². The molecule has 1 aliphatic rings. The molecule has 1 fully saturated rings. The molecule has 0 aliphatic carbocycles. The molecule has 84 valence electrons. The first-order valence-corrected chi connectivity index (χ1v) is 5.14. The molecule has 2 rings (SSSR count). The maximum Gasteiger partial charge on any atom is 0.273 e. The Morgan fingerprint density at radius 1 is 1.44 bits per heavy atom. The van der Waals surface area contributed by atoms with Gasteiger partial charge in [-0.25, -0.2) is 0 Å². The van der Waals surface area contributed by atoms with Crippen molar-refractivity contribution in [3.05, 3.63) is 39.4 Å². The number of nitrogens with zero attached hydrogens (tertiary/aromatic N) is 2. The van der Waals surface area contributed by atoms with Gasteiger partial charge in [-0.2, -0.15) is 0 Å². The van der Waals surface area contributed by atoms with Crippen LogP contribution in [0.5, 0.6) is 0 Å². The zero-order chi connectivity index (χ0) is 11.7. The standard InChI is InChI=1S/C11H12N2O3/c1-8-3-4-9(7-10(8)13(15)16)11(14)12-5-2-6-12/h3-4,7H,2,5-6H2,1H3. The first-order valence-electron chi connectivity index (χ1n) is 5.14. The Morgan fingerprint density at radius 2 is 2.12 bits per heavy atom. The molecule has 16 heavy (non-hydrogen) atoms. The Labute approximate surface area is 92.8 Å². The van der Waals surface area contributed by atoms with Crippen LogP contribution in [-0.4, -0.2) is 28.8 Å². The Bertz CT molecular complexity index is 453. The van der Waals surface area contributed by atoms with E-state index in [0.29, 0.717) is 11.1 Å². The minimum atomic E-state index is -0.456. The van der Waals surface area contributed by atoms with Gasteiger partial charge in [-0.1, -0.05) is 6.07 Å². The zero-order valence-electron chi connectivity index (χ0n) is 8.97. The fraction of sp³-hybridized carbons (Fsp3) is 0.364. The number of carbonyl (C=O) groups is 1. The Morgan fingerprint density at radius 3 is 2.62 bits per heavy atom. The van der Waals surface area contributed by atoms with E-state index in [9.17, 15) is 14.9 Å². The minimum absolute atomic E-state index is 0.00590. The van der Waals surface area contributed by atoms with Crippen LogP contribution in [0.25, 0.3) is 0 Å². The summed E-state index contributed by atoms with van der Waals surface area (Å²) >= 11 is 0. The molecule has 0 atom stereocenters. The number of hydrogen-bond acceptors (Lipinski definition) is 3. The second-order valence-electron chi connectivity index (χ2n) is 3.90. The molecular weight excluding hydrogens is 208 g/mol. The van der Waals surface area contributed by atoms with Crippen molar-refractivity contribution in [2.45, 2.75) is 13.3 Å². The van der Waals surface area contributed by atoms with Crippen LogP contribution in [0.2, 0.25) is 0 Å². The maximum atomic E-state index is 11.8. The van der Waals surface area contributed by atoms with Crippen molar-refractivity contribution < 1.29 is 9.72 Å². The smallest absolute Gasteiger partial charge is 0.273 e. The van der Waals surface area contributed by atoms with E-state index < -0.39 is 4.92 Å². The van der Waals surface area contributed by atoms with Gasteiger partial charge in [0.05, 0.1) is 4.92 Å². The molecule has 1 saturated heterocycles. The van der Waals surface area contributed by atoms with Gasteiger partial charge >= 0.3 is 0 Å². The Kier molecular flexibility index (Phi) is 2.60. The molecule has 0 aromatic heterocycles. The van der Waals surface area contributed by atoms with E-state index in [-0.39, 0.29) is 11.6 Å². The van der Waals surface area contributed by atoms with Gasteiger partial charge in [0.2, 0.25) is 0 Å². The van der Waals surface area contributed by atoms with Crippen LogP contribution in [-0.2, 0) is 0 Å². The Hall–Kier alpha value is -1.91. The molecule has 0 bridgehead atoms. The second-order valence-corrected chi connectivity index (χ2v) is 3.90. The van der Waals surface area contributed by atoms with Crippen molar-refractivity contribution in [3.63, 3.8) is 0 Å². The van der Waals surface area contributed by atoms with E-state index in [0.717, 1.165) is 19.5 Å². The molecule has 5 nitrogen and oxygen atoms in total. The topological polar surface area (TPSA) is 63.5 Å². The number of likely N-dealkylation sites (tertiary alicyclic amines) is 1.